The van der Waals surface area contributed by atoms with Gasteiger partial charge in [0.15, 0.2) is 0 Å². The molecule has 72 valence electrons. The van der Waals surface area contributed by atoms with Crippen molar-refractivity contribution in [3.05, 3.63) is 0 Å². The Bertz CT molecular complexity index is 305. The van der Waals surface area contributed by atoms with Crippen molar-refractivity contribution in [2.45, 2.75) is 31.0 Å². The minimum absolute atomic E-state index is 0.411. The first-order valence-electron chi connectivity index (χ1n) is 4.48. The molecule has 1 saturated carbocycles. The molecule has 1 heterocycles. The van der Waals surface area contributed by atoms with Gasteiger partial charge in [0.05, 0.1) is 6.04 Å². The van der Waals surface area contributed by atoms with E-state index in [0.717, 1.165) is 11.1 Å². The minimum Gasteiger partial charge on any atom is -0.368 e. The van der Waals surface area contributed by atoms with Gasteiger partial charge in [-0.25, -0.2) is 4.68 Å². The van der Waals surface area contributed by atoms with Gasteiger partial charge in [-0.15, -0.1) is 5.10 Å². The number of aromatic nitrogens is 3. The summed E-state index contributed by atoms with van der Waals surface area (Å²) in [6, 6.07) is 0.411. The predicted molar refractivity (Wildman–Crippen MR) is 53.7 cm³/mol. The van der Waals surface area contributed by atoms with Crippen LogP contribution in [0.3, 0.4) is 0 Å². The third-order valence-corrected chi connectivity index (χ3v) is 3.05. The Balaban J connectivity index is 2.22. The molecule has 0 spiro atoms. The quantitative estimate of drug-likeness (QED) is 0.749. The standard InChI is InChI=1S/C8H14N4S/c1-5(6-3-4-6)12-7(9)10-8(11-12)13-2/h5-6H,3-4H2,1-2H3,(H2,9,10,11). The highest BCUT2D eigenvalue weighted by Crippen LogP contribution is 2.39. The van der Waals surface area contributed by atoms with Gasteiger partial charge in [-0.1, -0.05) is 11.8 Å². The Morgan fingerprint density at radius 3 is 2.77 bits per heavy atom. The van der Waals surface area contributed by atoms with Crippen molar-refractivity contribution in [2.75, 3.05) is 12.0 Å². The van der Waals surface area contributed by atoms with E-state index in [0.29, 0.717) is 12.0 Å². The van der Waals surface area contributed by atoms with Crippen LogP contribution in [0, 0.1) is 5.92 Å². The number of nitrogen functional groups attached to an aromatic ring is 1. The van der Waals surface area contributed by atoms with E-state index >= 15 is 0 Å². The molecule has 1 aliphatic carbocycles. The maximum absolute atomic E-state index is 5.76. The summed E-state index contributed by atoms with van der Waals surface area (Å²) in [5.74, 6) is 1.31. The highest BCUT2D eigenvalue weighted by molar-refractivity contribution is 7.98. The molecule has 2 N–H and O–H groups in total. The van der Waals surface area contributed by atoms with E-state index in [2.05, 4.69) is 17.0 Å². The number of nitrogens with zero attached hydrogens (tertiary/aromatic N) is 3. The number of nitrogens with two attached hydrogens (primary N) is 1. The molecule has 0 aromatic carbocycles. The zero-order valence-corrected chi connectivity index (χ0v) is 8.71. The molecule has 4 nitrogen and oxygen atoms in total. The zero-order chi connectivity index (χ0) is 9.42. The smallest absolute Gasteiger partial charge is 0.219 e. The van der Waals surface area contributed by atoms with Crippen LogP contribution in [-0.4, -0.2) is 21.0 Å². The lowest BCUT2D eigenvalue weighted by atomic mass is 10.2. The van der Waals surface area contributed by atoms with E-state index in [4.69, 9.17) is 5.73 Å². The molecule has 0 saturated heterocycles. The van der Waals surface area contributed by atoms with Gasteiger partial charge in [-0.05, 0) is 31.9 Å². The van der Waals surface area contributed by atoms with E-state index in [1.807, 2.05) is 10.9 Å². The summed E-state index contributed by atoms with van der Waals surface area (Å²) in [6.45, 7) is 2.16. The van der Waals surface area contributed by atoms with Crippen molar-refractivity contribution in [3.8, 4) is 0 Å². The topological polar surface area (TPSA) is 56.7 Å². The fourth-order valence-corrected chi connectivity index (χ4v) is 1.83. The van der Waals surface area contributed by atoms with Gasteiger partial charge in [-0.2, -0.15) is 4.98 Å². The highest BCUT2D eigenvalue weighted by atomic mass is 32.2. The summed E-state index contributed by atoms with van der Waals surface area (Å²) in [5.41, 5.74) is 5.76. The van der Waals surface area contributed by atoms with E-state index < -0.39 is 0 Å². The molecular formula is C8H14N4S. The van der Waals surface area contributed by atoms with Crippen molar-refractivity contribution in [2.24, 2.45) is 5.92 Å². The van der Waals surface area contributed by atoms with Crippen LogP contribution >= 0.6 is 11.8 Å². The highest BCUT2D eigenvalue weighted by Gasteiger charge is 2.31. The second kappa shape index (κ2) is 3.21. The molecule has 0 bridgehead atoms. The molecule has 1 fully saturated rings. The maximum Gasteiger partial charge on any atom is 0.219 e. The molecule has 13 heavy (non-hydrogen) atoms. The number of hydrogen-bond donors (Lipinski definition) is 1. The van der Waals surface area contributed by atoms with Gasteiger partial charge in [0, 0.05) is 0 Å². The van der Waals surface area contributed by atoms with Crippen LogP contribution in [-0.2, 0) is 0 Å². The Labute approximate surface area is 81.9 Å². The Hall–Kier alpha value is -0.710. The molecule has 2 rings (SSSR count). The first-order chi connectivity index (χ1) is 6.22. The summed E-state index contributed by atoms with van der Waals surface area (Å²) >= 11 is 1.53. The van der Waals surface area contributed by atoms with Crippen molar-refractivity contribution in [3.63, 3.8) is 0 Å². The monoisotopic (exact) mass is 198 g/mol. The van der Waals surface area contributed by atoms with Crippen molar-refractivity contribution < 1.29 is 0 Å². The number of hydrogen-bond acceptors (Lipinski definition) is 4. The van der Waals surface area contributed by atoms with Gasteiger partial charge in [0.1, 0.15) is 0 Å². The number of rotatable bonds is 3. The molecule has 0 amide bonds. The maximum atomic E-state index is 5.76. The van der Waals surface area contributed by atoms with Gasteiger partial charge < -0.3 is 5.73 Å². The average Bonchev–Trinajstić information content (AvgIpc) is 2.89. The first kappa shape index (κ1) is 8.87. The third kappa shape index (κ3) is 1.65. The summed E-state index contributed by atoms with van der Waals surface area (Å²) < 4.78 is 1.85. The van der Waals surface area contributed by atoms with Crippen LogP contribution in [0.15, 0.2) is 5.16 Å². The van der Waals surface area contributed by atoms with Crippen molar-refractivity contribution in [1.82, 2.24) is 14.8 Å². The van der Waals surface area contributed by atoms with Gasteiger partial charge in [0.25, 0.3) is 0 Å². The molecule has 1 aromatic rings. The van der Waals surface area contributed by atoms with Crippen LogP contribution in [0.1, 0.15) is 25.8 Å². The molecule has 5 heteroatoms. The second-order valence-electron chi connectivity index (χ2n) is 3.48. The SMILES string of the molecule is CSc1nc(N)n(C(C)C2CC2)n1. The minimum atomic E-state index is 0.411. The average molecular weight is 198 g/mol. The van der Waals surface area contributed by atoms with E-state index in [-0.39, 0.29) is 0 Å². The van der Waals surface area contributed by atoms with E-state index in [1.54, 1.807) is 0 Å². The molecule has 0 aliphatic heterocycles. The molecule has 1 unspecified atom stereocenters. The lowest BCUT2D eigenvalue weighted by Gasteiger charge is -2.10. The summed E-state index contributed by atoms with van der Waals surface area (Å²) in [4.78, 5) is 4.15. The summed E-state index contributed by atoms with van der Waals surface area (Å²) in [6.07, 6.45) is 4.56. The van der Waals surface area contributed by atoms with Crippen LogP contribution in [0.4, 0.5) is 5.95 Å². The van der Waals surface area contributed by atoms with Crippen LogP contribution < -0.4 is 5.73 Å². The number of thioether (sulfide) groups is 1. The molecule has 1 atom stereocenters. The zero-order valence-electron chi connectivity index (χ0n) is 7.90. The third-order valence-electron chi connectivity index (χ3n) is 2.51. The van der Waals surface area contributed by atoms with Crippen LogP contribution in [0.25, 0.3) is 0 Å². The molecular weight excluding hydrogens is 184 g/mol. The summed E-state index contributed by atoms with van der Waals surface area (Å²) in [7, 11) is 0. The normalized spacial score (nSPS) is 18.9. The predicted octanol–water partition coefficient (Wildman–Crippen LogP) is 1.55. The van der Waals surface area contributed by atoms with Crippen LogP contribution in [0.2, 0.25) is 0 Å². The first-order valence-corrected chi connectivity index (χ1v) is 5.71. The van der Waals surface area contributed by atoms with Crippen molar-refractivity contribution in [1.29, 1.82) is 0 Å². The van der Waals surface area contributed by atoms with Crippen molar-refractivity contribution >= 4 is 17.7 Å². The molecule has 1 aliphatic rings. The van der Waals surface area contributed by atoms with Gasteiger partial charge in [-0.3, -0.25) is 0 Å². The fourth-order valence-electron chi connectivity index (χ4n) is 1.48. The van der Waals surface area contributed by atoms with E-state index in [9.17, 15) is 0 Å². The Morgan fingerprint density at radius 2 is 2.31 bits per heavy atom. The van der Waals surface area contributed by atoms with E-state index in [1.165, 1.54) is 24.6 Å². The molecule has 0 radical (unpaired) electrons. The Morgan fingerprint density at radius 1 is 1.62 bits per heavy atom. The lowest BCUT2D eigenvalue weighted by Crippen LogP contribution is -2.12. The summed E-state index contributed by atoms with van der Waals surface area (Å²) in [5, 5.41) is 5.10. The Kier molecular flexibility index (Phi) is 2.19. The number of anilines is 1. The molecule has 1 aromatic heterocycles. The van der Waals surface area contributed by atoms with Gasteiger partial charge in [0.2, 0.25) is 11.1 Å². The van der Waals surface area contributed by atoms with Crippen LogP contribution in [0.5, 0.6) is 0 Å². The fraction of sp³-hybridized carbons (Fsp3) is 0.750. The second-order valence-corrected chi connectivity index (χ2v) is 4.25. The van der Waals surface area contributed by atoms with Gasteiger partial charge >= 0.3 is 0 Å². The largest absolute Gasteiger partial charge is 0.368 e. The lowest BCUT2D eigenvalue weighted by molar-refractivity contribution is 0.439.